The lowest BCUT2D eigenvalue weighted by molar-refractivity contribution is -0.196. The molecule has 0 amide bonds. The molecular weight excluding hydrogens is 460 g/mol. The van der Waals surface area contributed by atoms with Gasteiger partial charge in [0.2, 0.25) is 0 Å². The summed E-state index contributed by atoms with van der Waals surface area (Å²) in [6.45, 7) is 0. The summed E-state index contributed by atoms with van der Waals surface area (Å²) in [6, 6.07) is 15.0. The van der Waals surface area contributed by atoms with Crippen molar-refractivity contribution < 1.29 is 23.8 Å². The molecule has 1 spiro atoms. The topological polar surface area (TPSA) is 61.8 Å². The maximum Gasteiger partial charge on any atom is 0.315 e. The molecule has 4 atom stereocenters. The molecule has 0 aromatic heterocycles. The van der Waals surface area contributed by atoms with Crippen LogP contribution in [0.5, 0.6) is 11.5 Å². The monoisotopic (exact) mass is 484 g/mol. The number of hydrogen-bond acceptors (Lipinski definition) is 5. The van der Waals surface area contributed by atoms with Gasteiger partial charge in [-0.25, -0.2) is 0 Å². The van der Waals surface area contributed by atoms with Crippen LogP contribution in [0, 0.1) is 17.3 Å². The third-order valence-electron chi connectivity index (χ3n) is 7.34. The molecule has 3 fully saturated rings. The molecule has 0 unspecified atom stereocenters. The molecule has 2 saturated carbocycles. The van der Waals surface area contributed by atoms with Gasteiger partial charge in [0, 0.05) is 15.8 Å². The van der Waals surface area contributed by atoms with Gasteiger partial charge in [0.1, 0.15) is 23.5 Å². The summed E-state index contributed by atoms with van der Waals surface area (Å²) in [5.41, 5.74) is 0.645. The van der Waals surface area contributed by atoms with E-state index in [9.17, 15) is 9.59 Å². The minimum Gasteiger partial charge on any atom is -0.497 e. The predicted molar refractivity (Wildman–Crippen MR) is 118 cm³/mol. The summed E-state index contributed by atoms with van der Waals surface area (Å²) in [6.07, 6.45) is 4.80. The van der Waals surface area contributed by atoms with E-state index in [2.05, 4.69) is 15.9 Å². The van der Waals surface area contributed by atoms with Crippen LogP contribution in [0.4, 0.5) is 0 Å². The van der Waals surface area contributed by atoms with E-state index in [1.54, 1.807) is 31.4 Å². The lowest BCUT2D eigenvalue weighted by Gasteiger charge is -2.45. The number of carbonyl (C=O) groups excluding carboxylic acids is 2. The Labute approximate surface area is 190 Å². The first kappa shape index (κ1) is 20.6. The number of ether oxygens (including phenoxy) is 3. The van der Waals surface area contributed by atoms with Gasteiger partial charge in [0.05, 0.1) is 13.0 Å². The quantitative estimate of drug-likeness (QED) is 0.436. The van der Waals surface area contributed by atoms with E-state index in [4.69, 9.17) is 14.2 Å². The fraction of sp³-hybridized carbons (Fsp3) is 0.440. The van der Waals surface area contributed by atoms with Crippen LogP contribution in [0.2, 0.25) is 0 Å². The fourth-order valence-corrected chi connectivity index (χ4v) is 6.24. The smallest absolute Gasteiger partial charge is 0.315 e. The molecular formula is C25H25BrO5. The van der Waals surface area contributed by atoms with E-state index in [0.29, 0.717) is 11.5 Å². The molecule has 31 heavy (non-hydrogen) atoms. The van der Waals surface area contributed by atoms with Crippen LogP contribution in [0.25, 0.3) is 0 Å². The number of methoxy groups -OCH3 is 1. The molecule has 1 aliphatic heterocycles. The van der Waals surface area contributed by atoms with Gasteiger partial charge in [-0.3, -0.25) is 9.59 Å². The van der Waals surface area contributed by atoms with Crippen molar-refractivity contribution in [3.05, 3.63) is 58.6 Å². The largest absolute Gasteiger partial charge is 0.497 e. The van der Waals surface area contributed by atoms with Crippen molar-refractivity contribution >= 4 is 27.9 Å². The summed E-state index contributed by atoms with van der Waals surface area (Å²) in [7, 11) is 1.60. The molecule has 2 aromatic rings. The van der Waals surface area contributed by atoms with E-state index in [1.165, 1.54) is 0 Å². The summed E-state index contributed by atoms with van der Waals surface area (Å²) >= 11 is 3.48. The second-order valence-corrected chi connectivity index (χ2v) is 9.74. The van der Waals surface area contributed by atoms with Gasteiger partial charge in [-0.2, -0.15) is 0 Å². The molecule has 6 heteroatoms. The second-order valence-electron chi connectivity index (χ2n) is 8.83. The summed E-state index contributed by atoms with van der Waals surface area (Å²) < 4.78 is 17.8. The van der Waals surface area contributed by atoms with Gasteiger partial charge in [-0.1, -0.05) is 47.3 Å². The Balaban J connectivity index is 1.53. The van der Waals surface area contributed by atoms with Gasteiger partial charge < -0.3 is 14.2 Å². The first-order valence-corrected chi connectivity index (χ1v) is 11.6. The number of fused-ring (bicyclic) bond motifs is 2. The molecule has 3 aliphatic rings. The molecule has 162 valence electrons. The van der Waals surface area contributed by atoms with E-state index in [1.807, 2.05) is 24.3 Å². The Kier molecular flexibility index (Phi) is 5.29. The van der Waals surface area contributed by atoms with Crippen molar-refractivity contribution in [2.24, 2.45) is 17.3 Å². The fourth-order valence-electron chi connectivity index (χ4n) is 5.98. The molecule has 5 nitrogen and oxygen atoms in total. The zero-order chi connectivity index (χ0) is 21.6. The van der Waals surface area contributed by atoms with Gasteiger partial charge in [0.15, 0.2) is 0 Å². The molecule has 0 bridgehead atoms. The first-order chi connectivity index (χ1) is 15.0. The van der Waals surface area contributed by atoms with Crippen LogP contribution < -0.4 is 9.47 Å². The van der Waals surface area contributed by atoms with Crippen molar-refractivity contribution in [3.8, 4) is 11.5 Å². The molecule has 0 N–H and O–H groups in total. The second kappa shape index (κ2) is 7.97. The lowest BCUT2D eigenvalue weighted by Crippen LogP contribution is -2.52. The number of hydrogen-bond donors (Lipinski definition) is 0. The average Bonchev–Trinajstić information content (AvgIpc) is 3.00. The van der Waals surface area contributed by atoms with E-state index in [-0.39, 0.29) is 35.3 Å². The highest BCUT2D eigenvalue weighted by molar-refractivity contribution is 9.10. The van der Waals surface area contributed by atoms with E-state index in [0.717, 1.165) is 42.1 Å². The highest BCUT2D eigenvalue weighted by atomic mass is 79.9. The molecule has 1 saturated heterocycles. The molecule has 2 aromatic carbocycles. The predicted octanol–water partition coefficient (Wildman–Crippen LogP) is 5.27. The SMILES string of the molecule is COc1ccc(OC(=O)[C@@H]2[C@H](c3ccc(Br)cc3)[C@H]3C(=O)O[C@H]3C23CCCCC3)cc1. The highest BCUT2D eigenvalue weighted by Gasteiger charge is 2.71. The van der Waals surface area contributed by atoms with Crippen molar-refractivity contribution in [2.75, 3.05) is 7.11 Å². The Morgan fingerprint density at radius 3 is 2.23 bits per heavy atom. The van der Waals surface area contributed by atoms with Crippen LogP contribution in [-0.4, -0.2) is 25.2 Å². The zero-order valence-electron chi connectivity index (χ0n) is 17.4. The van der Waals surface area contributed by atoms with Crippen LogP contribution in [0.3, 0.4) is 0 Å². The van der Waals surface area contributed by atoms with Crippen LogP contribution in [0.1, 0.15) is 43.6 Å². The minimum absolute atomic E-state index is 0.192. The Morgan fingerprint density at radius 2 is 1.61 bits per heavy atom. The summed E-state index contributed by atoms with van der Waals surface area (Å²) in [5.74, 6) is -0.214. The first-order valence-electron chi connectivity index (χ1n) is 10.9. The number of carbonyl (C=O) groups is 2. The van der Waals surface area contributed by atoms with E-state index < -0.39 is 5.92 Å². The lowest BCUT2D eigenvalue weighted by atomic mass is 9.64. The van der Waals surface area contributed by atoms with Gasteiger partial charge in [0.25, 0.3) is 0 Å². The van der Waals surface area contributed by atoms with Gasteiger partial charge in [-0.15, -0.1) is 0 Å². The van der Waals surface area contributed by atoms with Crippen LogP contribution in [0.15, 0.2) is 53.0 Å². The average molecular weight is 485 g/mol. The third-order valence-corrected chi connectivity index (χ3v) is 7.87. The van der Waals surface area contributed by atoms with Crippen molar-refractivity contribution in [3.63, 3.8) is 0 Å². The number of esters is 2. The number of halogens is 1. The van der Waals surface area contributed by atoms with Crippen LogP contribution in [-0.2, 0) is 14.3 Å². The molecule has 1 heterocycles. The van der Waals surface area contributed by atoms with Gasteiger partial charge in [-0.05, 0) is 54.8 Å². The van der Waals surface area contributed by atoms with Crippen LogP contribution >= 0.6 is 15.9 Å². The molecule has 2 aliphatic carbocycles. The normalized spacial score (nSPS) is 28.4. The zero-order valence-corrected chi connectivity index (χ0v) is 19.0. The summed E-state index contributed by atoms with van der Waals surface area (Å²) in [5, 5.41) is 0. The number of benzene rings is 2. The Hall–Kier alpha value is -2.34. The van der Waals surface area contributed by atoms with Crippen molar-refractivity contribution in [1.29, 1.82) is 0 Å². The van der Waals surface area contributed by atoms with Crippen molar-refractivity contribution in [1.82, 2.24) is 0 Å². The summed E-state index contributed by atoms with van der Waals surface area (Å²) in [4.78, 5) is 26.3. The standard InChI is InChI=1S/C25H25BrO5/c1-29-17-9-11-18(12-10-17)30-24(28)21-19(15-5-7-16(26)8-6-15)20-22(31-23(20)27)25(21)13-3-2-4-14-25/h5-12,19-22H,2-4,13-14H2,1H3/t19-,20-,21+,22-/m1/s1. The maximum absolute atomic E-state index is 13.7. The molecule has 0 radical (unpaired) electrons. The van der Waals surface area contributed by atoms with Crippen molar-refractivity contribution in [2.45, 2.75) is 44.1 Å². The Morgan fingerprint density at radius 1 is 0.968 bits per heavy atom. The number of rotatable bonds is 4. The van der Waals surface area contributed by atoms with Gasteiger partial charge >= 0.3 is 11.9 Å². The van der Waals surface area contributed by atoms with E-state index >= 15 is 0 Å². The third kappa shape index (κ3) is 3.36. The Bertz CT molecular complexity index is 978. The maximum atomic E-state index is 13.7. The highest BCUT2D eigenvalue weighted by Crippen LogP contribution is 2.65. The minimum atomic E-state index is -0.419. The molecule has 5 rings (SSSR count).